The van der Waals surface area contributed by atoms with Gasteiger partial charge in [0.15, 0.2) is 0 Å². The van der Waals surface area contributed by atoms with Gasteiger partial charge in [-0.05, 0) is 35.4 Å². The van der Waals surface area contributed by atoms with E-state index in [0.717, 1.165) is 5.56 Å². The van der Waals surface area contributed by atoms with Gasteiger partial charge in [0, 0.05) is 24.0 Å². The lowest BCUT2D eigenvalue weighted by molar-refractivity contribution is -0.141. The predicted molar refractivity (Wildman–Crippen MR) is 92.0 cm³/mol. The number of hydrogen-bond acceptors (Lipinski definition) is 2. The Balaban J connectivity index is 1.76. The first kappa shape index (κ1) is 17.4. The molecular weight excluding hydrogens is 345 g/mol. The molecule has 1 aliphatic heterocycles. The van der Waals surface area contributed by atoms with E-state index in [0.29, 0.717) is 17.1 Å². The van der Waals surface area contributed by atoms with E-state index in [2.05, 4.69) is 0 Å². The van der Waals surface area contributed by atoms with Crippen LogP contribution in [0.1, 0.15) is 17.0 Å². The van der Waals surface area contributed by atoms with Crippen molar-refractivity contribution in [2.75, 3.05) is 13.1 Å². The number of rotatable bonds is 4. The second kappa shape index (κ2) is 7.23. The molecule has 0 unspecified atom stereocenters. The second-order valence-corrected chi connectivity index (χ2v) is 6.64. The largest absolute Gasteiger partial charge is 0.481 e. The number of carboxylic acid groups (broad SMARTS) is 1. The summed E-state index contributed by atoms with van der Waals surface area (Å²) < 4.78 is 13.3. The van der Waals surface area contributed by atoms with Crippen LogP contribution in [0.4, 0.5) is 4.39 Å². The number of aliphatic carboxylic acids is 1. The van der Waals surface area contributed by atoms with Crippen molar-refractivity contribution >= 4 is 23.5 Å². The molecule has 4 nitrogen and oxygen atoms in total. The van der Waals surface area contributed by atoms with Gasteiger partial charge in [-0.1, -0.05) is 35.9 Å². The molecule has 1 saturated heterocycles. The molecule has 1 fully saturated rings. The van der Waals surface area contributed by atoms with Crippen LogP contribution in [0.15, 0.2) is 48.5 Å². The van der Waals surface area contributed by atoms with Gasteiger partial charge in [-0.2, -0.15) is 0 Å². The van der Waals surface area contributed by atoms with Crippen LogP contribution >= 0.6 is 11.6 Å². The highest BCUT2D eigenvalue weighted by Crippen LogP contribution is 2.33. The lowest BCUT2D eigenvalue weighted by Crippen LogP contribution is -2.31. The Kier molecular flexibility index (Phi) is 5.04. The normalized spacial score (nSPS) is 19.8. The SMILES string of the molecule is O=C(O)[C@@H]1CN(C(=O)Cc2cccc(F)c2)C[C@H]1c1ccc(Cl)cc1. The van der Waals surface area contributed by atoms with Gasteiger partial charge < -0.3 is 10.0 Å². The third-order valence-corrected chi connectivity index (χ3v) is 4.78. The fourth-order valence-electron chi connectivity index (χ4n) is 3.24. The average Bonchev–Trinajstić information content (AvgIpc) is 3.01. The van der Waals surface area contributed by atoms with Crippen LogP contribution in [-0.2, 0) is 16.0 Å². The molecule has 25 heavy (non-hydrogen) atoms. The van der Waals surface area contributed by atoms with Crippen molar-refractivity contribution in [2.45, 2.75) is 12.3 Å². The molecule has 0 spiro atoms. The Morgan fingerprint density at radius 2 is 1.88 bits per heavy atom. The van der Waals surface area contributed by atoms with Crippen LogP contribution < -0.4 is 0 Å². The molecule has 0 bridgehead atoms. The Hall–Kier alpha value is -2.40. The van der Waals surface area contributed by atoms with Gasteiger partial charge in [-0.15, -0.1) is 0 Å². The first-order chi connectivity index (χ1) is 11.9. The molecule has 2 atom stereocenters. The molecule has 130 valence electrons. The van der Waals surface area contributed by atoms with Crippen molar-refractivity contribution in [2.24, 2.45) is 5.92 Å². The van der Waals surface area contributed by atoms with E-state index in [1.165, 1.54) is 12.1 Å². The molecule has 2 aromatic rings. The van der Waals surface area contributed by atoms with E-state index in [-0.39, 0.29) is 24.8 Å². The highest BCUT2D eigenvalue weighted by atomic mass is 35.5. The van der Waals surface area contributed by atoms with E-state index >= 15 is 0 Å². The highest BCUT2D eigenvalue weighted by molar-refractivity contribution is 6.30. The molecule has 1 aliphatic rings. The third kappa shape index (κ3) is 3.99. The number of amides is 1. The van der Waals surface area contributed by atoms with E-state index in [4.69, 9.17) is 11.6 Å². The summed E-state index contributed by atoms with van der Waals surface area (Å²) in [5.41, 5.74) is 1.42. The molecule has 3 rings (SSSR count). The number of benzene rings is 2. The molecular formula is C19H17ClFNO3. The zero-order valence-electron chi connectivity index (χ0n) is 13.4. The van der Waals surface area contributed by atoms with E-state index in [1.807, 2.05) is 0 Å². The predicted octanol–water partition coefficient (Wildman–Crippen LogP) is 3.35. The Morgan fingerprint density at radius 1 is 1.16 bits per heavy atom. The summed E-state index contributed by atoms with van der Waals surface area (Å²) in [5, 5.41) is 10.1. The monoisotopic (exact) mass is 361 g/mol. The molecule has 0 saturated carbocycles. The van der Waals surface area contributed by atoms with Crippen molar-refractivity contribution in [3.63, 3.8) is 0 Å². The molecule has 1 amide bonds. The van der Waals surface area contributed by atoms with Gasteiger partial charge in [-0.3, -0.25) is 9.59 Å². The van der Waals surface area contributed by atoms with Crippen molar-refractivity contribution < 1.29 is 19.1 Å². The fraction of sp³-hybridized carbons (Fsp3) is 0.263. The number of carbonyl (C=O) groups excluding carboxylic acids is 1. The number of hydrogen-bond donors (Lipinski definition) is 1. The molecule has 0 aliphatic carbocycles. The summed E-state index contributed by atoms with van der Waals surface area (Å²) in [4.78, 5) is 25.7. The third-order valence-electron chi connectivity index (χ3n) is 4.53. The summed E-state index contributed by atoms with van der Waals surface area (Å²) in [6.45, 7) is 0.476. The van der Waals surface area contributed by atoms with Crippen LogP contribution in [0.3, 0.4) is 0 Å². The standard InChI is InChI=1S/C19H17ClFNO3/c20-14-6-4-13(5-7-14)16-10-22(11-17(16)19(24)25)18(23)9-12-2-1-3-15(21)8-12/h1-8,16-17H,9-11H2,(H,24,25)/t16-,17+/m0/s1. The van der Waals surface area contributed by atoms with Crippen molar-refractivity contribution in [3.8, 4) is 0 Å². The number of carbonyl (C=O) groups is 2. The van der Waals surface area contributed by atoms with Gasteiger partial charge in [0.1, 0.15) is 5.82 Å². The summed E-state index contributed by atoms with van der Waals surface area (Å²) in [6, 6.07) is 12.9. The fourth-order valence-corrected chi connectivity index (χ4v) is 3.36. The van der Waals surface area contributed by atoms with Crippen molar-refractivity contribution in [3.05, 3.63) is 70.5 Å². The molecule has 2 aromatic carbocycles. The Morgan fingerprint density at radius 3 is 2.52 bits per heavy atom. The number of likely N-dealkylation sites (tertiary alicyclic amines) is 1. The van der Waals surface area contributed by atoms with Gasteiger partial charge >= 0.3 is 5.97 Å². The van der Waals surface area contributed by atoms with E-state index < -0.39 is 17.7 Å². The maximum atomic E-state index is 13.3. The molecule has 1 N–H and O–H groups in total. The average molecular weight is 362 g/mol. The molecule has 1 heterocycles. The topological polar surface area (TPSA) is 57.6 Å². The van der Waals surface area contributed by atoms with Crippen molar-refractivity contribution in [1.29, 1.82) is 0 Å². The zero-order valence-corrected chi connectivity index (χ0v) is 14.1. The smallest absolute Gasteiger partial charge is 0.308 e. The molecule has 0 aromatic heterocycles. The highest BCUT2D eigenvalue weighted by Gasteiger charge is 2.40. The van der Waals surface area contributed by atoms with Crippen LogP contribution in [0.2, 0.25) is 5.02 Å². The van der Waals surface area contributed by atoms with Crippen molar-refractivity contribution in [1.82, 2.24) is 4.90 Å². The molecule has 0 radical (unpaired) electrons. The maximum absolute atomic E-state index is 13.3. The number of halogens is 2. The van der Waals surface area contributed by atoms with Gasteiger partial charge in [0.05, 0.1) is 12.3 Å². The van der Waals surface area contributed by atoms with Crippen LogP contribution in [0, 0.1) is 11.7 Å². The van der Waals surface area contributed by atoms with Gasteiger partial charge in [-0.25, -0.2) is 4.39 Å². The Bertz CT molecular complexity index is 794. The first-order valence-corrected chi connectivity index (χ1v) is 8.32. The summed E-state index contributed by atoms with van der Waals surface area (Å²) in [7, 11) is 0. The summed E-state index contributed by atoms with van der Waals surface area (Å²) >= 11 is 5.89. The quantitative estimate of drug-likeness (QED) is 0.908. The Labute approximate surface area is 149 Å². The van der Waals surface area contributed by atoms with Crippen LogP contribution in [0.25, 0.3) is 0 Å². The van der Waals surface area contributed by atoms with Gasteiger partial charge in [0.25, 0.3) is 0 Å². The van der Waals surface area contributed by atoms with Crippen LogP contribution in [0.5, 0.6) is 0 Å². The minimum Gasteiger partial charge on any atom is -0.481 e. The van der Waals surface area contributed by atoms with Gasteiger partial charge in [0.2, 0.25) is 5.91 Å². The maximum Gasteiger partial charge on any atom is 0.308 e. The summed E-state index contributed by atoms with van der Waals surface area (Å²) in [6.07, 6.45) is 0.0530. The molecule has 6 heteroatoms. The first-order valence-electron chi connectivity index (χ1n) is 7.94. The number of carboxylic acids is 1. The summed E-state index contributed by atoms with van der Waals surface area (Å²) in [5.74, 6) is -2.48. The van der Waals surface area contributed by atoms with E-state index in [9.17, 15) is 19.1 Å². The number of nitrogens with zero attached hydrogens (tertiary/aromatic N) is 1. The lowest BCUT2D eigenvalue weighted by atomic mass is 9.89. The van der Waals surface area contributed by atoms with Crippen LogP contribution in [-0.4, -0.2) is 35.0 Å². The van der Waals surface area contributed by atoms with E-state index in [1.54, 1.807) is 41.3 Å². The minimum absolute atomic E-state index is 0.0530. The second-order valence-electron chi connectivity index (χ2n) is 6.21. The minimum atomic E-state index is -0.930. The lowest BCUT2D eigenvalue weighted by Gasteiger charge is -2.16. The zero-order chi connectivity index (χ0) is 18.0.